The monoisotopic (exact) mass is 406 g/mol. The maximum Gasteiger partial charge on any atom is 0.265 e. The number of rotatable bonds is 8. The van der Waals surface area contributed by atoms with Crippen LogP contribution in [-0.2, 0) is 11.2 Å². The summed E-state index contributed by atoms with van der Waals surface area (Å²) in [7, 11) is 0. The molecule has 1 aromatic heterocycles. The molecule has 0 fully saturated rings. The van der Waals surface area contributed by atoms with E-state index in [9.17, 15) is 4.79 Å². The van der Waals surface area contributed by atoms with Crippen LogP contribution in [-0.4, -0.2) is 24.0 Å². The number of ether oxygens (including phenoxy) is 1. The predicted molar refractivity (Wildman–Crippen MR) is 119 cm³/mol. The van der Waals surface area contributed by atoms with Crippen LogP contribution in [0.4, 0.5) is 5.69 Å². The molecule has 1 amide bonds. The topological polar surface area (TPSA) is 42.4 Å². The molecule has 1 aliphatic rings. The fraction of sp³-hybridized carbons (Fsp3) is 0.333. The Bertz CT molecular complexity index is 968. The van der Waals surface area contributed by atoms with Gasteiger partial charge in [0.1, 0.15) is 5.75 Å². The van der Waals surface area contributed by atoms with Gasteiger partial charge in [0.15, 0.2) is 6.61 Å². The van der Waals surface area contributed by atoms with Crippen molar-refractivity contribution in [3.63, 3.8) is 0 Å². The van der Waals surface area contributed by atoms with Gasteiger partial charge in [-0.05, 0) is 30.2 Å². The summed E-state index contributed by atoms with van der Waals surface area (Å²) in [5.74, 6) is 0.817. The second-order valence-electron chi connectivity index (χ2n) is 7.37. The molecular formula is C24H26N2O2S. The fourth-order valence-electron chi connectivity index (χ4n) is 3.60. The van der Waals surface area contributed by atoms with E-state index in [1.54, 1.807) is 11.3 Å². The average Bonchev–Trinajstić information content (AvgIpc) is 3.21. The first-order chi connectivity index (χ1) is 14.2. The minimum Gasteiger partial charge on any atom is -0.482 e. The third kappa shape index (κ3) is 4.67. The van der Waals surface area contributed by atoms with Crippen molar-refractivity contribution in [3.05, 3.63) is 64.5 Å². The molecule has 150 valence electrons. The Balaban J connectivity index is 1.54. The van der Waals surface area contributed by atoms with Gasteiger partial charge in [-0.15, -0.1) is 11.3 Å². The summed E-state index contributed by atoms with van der Waals surface area (Å²) in [5.41, 5.74) is 4.10. The molecular weight excluding hydrogens is 380 g/mol. The Labute approximate surface area is 176 Å². The van der Waals surface area contributed by atoms with Gasteiger partial charge in [0.2, 0.25) is 0 Å². The highest BCUT2D eigenvalue weighted by molar-refractivity contribution is 7.10. The lowest BCUT2D eigenvalue weighted by Crippen LogP contribution is -2.39. The van der Waals surface area contributed by atoms with E-state index >= 15 is 0 Å². The summed E-state index contributed by atoms with van der Waals surface area (Å²) in [6, 6.07) is 16.4. The maximum absolute atomic E-state index is 12.5. The van der Waals surface area contributed by atoms with E-state index in [1.807, 2.05) is 29.2 Å². The van der Waals surface area contributed by atoms with Crippen molar-refractivity contribution < 1.29 is 9.53 Å². The van der Waals surface area contributed by atoms with Crippen LogP contribution in [0.5, 0.6) is 5.75 Å². The maximum atomic E-state index is 12.5. The summed E-state index contributed by atoms with van der Waals surface area (Å²) in [5, 5.41) is 3.18. The molecule has 5 heteroatoms. The molecule has 1 aliphatic heterocycles. The van der Waals surface area contributed by atoms with Crippen molar-refractivity contribution in [2.75, 3.05) is 18.1 Å². The predicted octanol–water partition coefficient (Wildman–Crippen LogP) is 5.71. The first-order valence-electron chi connectivity index (χ1n) is 10.3. The molecule has 2 heterocycles. The van der Waals surface area contributed by atoms with E-state index in [2.05, 4.69) is 36.6 Å². The summed E-state index contributed by atoms with van der Waals surface area (Å²) in [6.45, 7) is 3.06. The highest BCUT2D eigenvalue weighted by atomic mass is 32.1. The summed E-state index contributed by atoms with van der Waals surface area (Å²) in [6.07, 6.45) is 5.38. The molecule has 0 spiro atoms. The molecule has 3 aromatic rings. The number of amides is 1. The summed E-state index contributed by atoms with van der Waals surface area (Å²) < 4.78 is 5.66. The molecule has 0 saturated heterocycles. The van der Waals surface area contributed by atoms with Gasteiger partial charge >= 0.3 is 0 Å². The number of hydrogen-bond donors (Lipinski definition) is 0. The lowest BCUT2D eigenvalue weighted by molar-refractivity contribution is -0.121. The summed E-state index contributed by atoms with van der Waals surface area (Å²) in [4.78, 5) is 19.2. The average molecular weight is 407 g/mol. The zero-order valence-corrected chi connectivity index (χ0v) is 17.6. The molecule has 0 bridgehead atoms. The molecule has 29 heavy (non-hydrogen) atoms. The van der Waals surface area contributed by atoms with Gasteiger partial charge in [0, 0.05) is 23.9 Å². The number of carbonyl (C=O) groups is 1. The van der Waals surface area contributed by atoms with Gasteiger partial charge in [0.25, 0.3) is 5.91 Å². The quantitative estimate of drug-likeness (QED) is 0.450. The normalized spacial score (nSPS) is 13.3. The van der Waals surface area contributed by atoms with Crippen molar-refractivity contribution in [3.8, 4) is 17.0 Å². The third-order valence-corrected chi connectivity index (χ3v) is 6.03. The zero-order chi connectivity index (χ0) is 20.1. The second-order valence-corrected chi connectivity index (χ2v) is 8.31. The highest BCUT2D eigenvalue weighted by Gasteiger charge is 2.25. The minimum absolute atomic E-state index is 0.0363. The number of aromatic nitrogens is 1. The van der Waals surface area contributed by atoms with E-state index in [4.69, 9.17) is 9.72 Å². The van der Waals surface area contributed by atoms with Gasteiger partial charge in [-0.1, -0.05) is 56.5 Å². The van der Waals surface area contributed by atoms with E-state index in [0.717, 1.165) is 53.5 Å². The molecule has 4 rings (SSSR count). The number of fused-ring (bicyclic) bond motifs is 1. The minimum atomic E-state index is 0.0363. The third-order valence-electron chi connectivity index (χ3n) is 5.18. The van der Waals surface area contributed by atoms with E-state index in [1.165, 1.54) is 18.4 Å². The fourth-order valence-corrected chi connectivity index (χ4v) is 4.44. The lowest BCUT2D eigenvalue weighted by Gasteiger charge is -2.29. The zero-order valence-electron chi connectivity index (χ0n) is 16.8. The number of anilines is 1. The second kappa shape index (κ2) is 9.23. The molecule has 0 radical (unpaired) electrons. The molecule has 4 nitrogen and oxygen atoms in total. The van der Waals surface area contributed by atoms with Crippen molar-refractivity contribution >= 4 is 22.9 Å². The van der Waals surface area contributed by atoms with Crippen LogP contribution in [0.3, 0.4) is 0 Å². The number of thiazole rings is 1. The summed E-state index contributed by atoms with van der Waals surface area (Å²) >= 11 is 1.67. The molecule has 0 aliphatic carbocycles. The number of unbranched alkanes of at least 4 members (excludes halogenated alkanes) is 3. The van der Waals surface area contributed by atoms with Crippen LogP contribution in [0.15, 0.2) is 53.9 Å². The number of benzene rings is 2. The van der Waals surface area contributed by atoms with Crippen molar-refractivity contribution in [1.82, 2.24) is 4.98 Å². The van der Waals surface area contributed by atoms with E-state index < -0.39 is 0 Å². The largest absolute Gasteiger partial charge is 0.482 e. The van der Waals surface area contributed by atoms with Gasteiger partial charge in [-0.3, -0.25) is 4.79 Å². The van der Waals surface area contributed by atoms with Crippen molar-refractivity contribution in [2.24, 2.45) is 0 Å². The Hall–Kier alpha value is -2.66. The van der Waals surface area contributed by atoms with Crippen molar-refractivity contribution in [2.45, 2.75) is 39.0 Å². The number of nitrogens with zero attached hydrogens (tertiary/aromatic N) is 2. The van der Waals surface area contributed by atoms with Crippen molar-refractivity contribution in [1.29, 1.82) is 0 Å². The molecule has 2 aromatic carbocycles. The smallest absolute Gasteiger partial charge is 0.265 e. The molecule has 0 unspecified atom stereocenters. The van der Waals surface area contributed by atoms with Crippen LogP contribution >= 0.6 is 11.3 Å². The first-order valence-corrected chi connectivity index (χ1v) is 11.2. The van der Waals surface area contributed by atoms with E-state index in [0.29, 0.717) is 0 Å². The standard InChI is InChI=1S/C24H26N2O2S/c1-2-3-4-8-13-26-21-15-19(11-12-22(21)28-16-24(26)27)20-17-29-23(25-20)14-18-9-6-5-7-10-18/h5-7,9-12,15,17H,2-4,8,13-14,16H2,1H3. The first kappa shape index (κ1) is 19.6. The van der Waals surface area contributed by atoms with Crippen LogP contribution in [0, 0.1) is 0 Å². The lowest BCUT2D eigenvalue weighted by atomic mass is 10.1. The number of carbonyl (C=O) groups excluding carboxylic acids is 1. The van der Waals surface area contributed by atoms with Gasteiger partial charge in [-0.25, -0.2) is 4.98 Å². The van der Waals surface area contributed by atoms with E-state index in [-0.39, 0.29) is 12.5 Å². The molecule has 0 atom stereocenters. The van der Waals surface area contributed by atoms with Crippen LogP contribution < -0.4 is 9.64 Å². The Kier molecular flexibility index (Phi) is 6.25. The highest BCUT2D eigenvalue weighted by Crippen LogP contribution is 2.36. The Morgan fingerprint density at radius 1 is 1.10 bits per heavy atom. The van der Waals surface area contributed by atoms with Crippen LogP contribution in [0.25, 0.3) is 11.3 Å². The number of hydrogen-bond acceptors (Lipinski definition) is 4. The van der Waals surface area contributed by atoms with Crippen LogP contribution in [0.2, 0.25) is 0 Å². The SMILES string of the molecule is CCCCCCN1C(=O)COc2ccc(-c3csc(Cc4ccccc4)n3)cc21. The Morgan fingerprint density at radius 2 is 1.97 bits per heavy atom. The molecule has 0 saturated carbocycles. The van der Waals surface area contributed by atoms with Gasteiger partial charge in [-0.2, -0.15) is 0 Å². The van der Waals surface area contributed by atoms with Gasteiger partial charge < -0.3 is 9.64 Å². The Morgan fingerprint density at radius 3 is 2.79 bits per heavy atom. The van der Waals surface area contributed by atoms with Crippen LogP contribution in [0.1, 0.15) is 43.2 Å². The molecule has 0 N–H and O–H groups in total. The van der Waals surface area contributed by atoms with Gasteiger partial charge in [0.05, 0.1) is 16.4 Å².